The molecule has 2 rings (SSSR count). The molecule has 0 aromatic heterocycles. The molecule has 0 atom stereocenters. The van der Waals surface area contributed by atoms with Crippen LogP contribution in [0.15, 0.2) is 24.3 Å². The number of rotatable bonds is 7. The van der Waals surface area contributed by atoms with E-state index in [-0.39, 0.29) is 18.4 Å². The zero-order valence-electron chi connectivity index (χ0n) is 12.8. The molecule has 1 N–H and O–H groups in total. The number of hydrogen-bond acceptors (Lipinski definition) is 4. The zero-order valence-corrected chi connectivity index (χ0v) is 12.8. The number of benzene rings is 1. The van der Waals surface area contributed by atoms with Crippen LogP contribution in [0.4, 0.5) is 0 Å². The van der Waals surface area contributed by atoms with Crippen molar-refractivity contribution in [2.75, 3.05) is 40.0 Å². The summed E-state index contributed by atoms with van der Waals surface area (Å²) < 4.78 is 10.2. The van der Waals surface area contributed by atoms with Crippen LogP contribution in [0.1, 0.15) is 12.0 Å². The first kappa shape index (κ1) is 16.3. The van der Waals surface area contributed by atoms with Gasteiger partial charge in [0, 0.05) is 26.1 Å². The molecule has 6 nitrogen and oxygen atoms in total. The molecule has 0 bridgehead atoms. The quantitative estimate of drug-likeness (QED) is 0.801. The summed E-state index contributed by atoms with van der Waals surface area (Å²) in [6, 6.07) is 7.70. The van der Waals surface area contributed by atoms with Crippen molar-refractivity contribution in [2.24, 2.45) is 0 Å². The van der Waals surface area contributed by atoms with E-state index in [1.54, 1.807) is 12.0 Å². The SMILES string of the molecule is COc1cccc(CCC(=O)NCCN2CCOCC2=O)c1. The van der Waals surface area contributed by atoms with Gasteiger partial charge in [0.25, 0.3) is 0 Å². The van der Waals surface area contributed by atoms with Crippen molar-refractivity contribution in [1.82, 2.24) is 10.2 Å². The van der Waals surface area contributed by atoms with E-state index in [0.717, 1.165) is 11.3 Å². The molecule has 0 aliphatic carbocycles. The Morgan fingerprint density at radius 3 is 3.09 bits per heavy atom. The number of amides is 2. The van der Waals surface area contributed by atoms with Gasteiger partial charge >= 0.3 is 0 Å². The minimum absolute atomic E-state index is 0.0106. The summed E-state index contributed by atoms with van der Waals surface area (Å²) in [6.07, 6.45) is 1.09. The molecular weight excluding hydrogens is 284 g/mol. The molecule has 2 amide bonds. The van der Waals surface area contributed by atoms with Gasteiger partial charge in [0.1, 0.15) is 12.4 Å². The van der Waals surface area contributed by atoms with Crippen LogP contribution in [0.3, 0.4) is 0 Å². The van der Waals surface area contributed by atoms with E-state index in [1.807, 2.05) is 24.3 Å². The monoisotopic (exact) mass is 306 g/mol. The smallest absolute Gasteiger partial charge is 0.248 e. The predicted octanol–water partition coefficient (Wildman–Crippen LogP) is 0.603. The number of carbonyl (C=O) groups is 2. The normalized spacial score (nSPS) is 14.8. The lowest BCUT2D eigenvalue weighted by molar-refractivity contribution is -0.142. The van der Waals surface area contributed by atoms with E-state index in [1.165, 1.54) is 0 Å². The van der Waals surface area contributed by atoms with Crippen molar-refractivity contribution in [3.8, 4) is 5.75 Å². The first-order chi connectivity index (χ1) is 10.7. The first-order valence-electron chi connectivity index (χ1n) is 7.44. The Morgan fingerprint density at radius 1 is 1.45 bits per heavy atom. The predicted molar refractivity (Wildman–Crippen MR) is 81.7 cm³/mol. The van der Waals surface area contributed by atoms with Crippen LogP contribution < -0.4 is 10.1 Å². The minimum atomic E-state index is -0.0168. The van der Waals surface area contributed by atoms with E-state index in [4.69, 9.17) is 9.47 Å². The van der Waals surface area contributed by atoms with Gasteiger partial charge in [-0.3, -0.25) is 9.59 Å². The highest BCUT2D eigenvalue weighted by Crippen LogP contribution is 2.13. The van der Waals surface area contributed by atoms with E-state index < -0.39 is 0 Å². The molecule has 0 spiro atoms. The van der Waals surface area contributed by atoms with Gasteiger partial charge in [0.2, 0.25) is 11.8 Å². The molecule has 0 saturated carbocycles. The number of carbonyl (C=O) groups excluding carboxylic acids is 2. The Bertz CT molecular complexity index is 519. The molecule has 22 heavy (non-hydrogen) atoms. The second kappa shape index (κ2) is 8.38. The second-order valence-corrected chi connectivity index (χ2v) is 5.13. The number of nitrogens with one attached hydrogen (secondary N) is 1. The molecule has 6 heteroatoms. The van der Waals surface area contributed by atoms with Crippen molar-refractivity contribution in [3.05, 3.63) is 29.8 Å². The number of methoxy groups -OCH3 is 1. The fourth-order valence-electron chi connectivity index (χ4n) is 2.29. The average Bonchev–Trinajstić information content (AvgIpc) is 2.55. The summed E-state index contributed by atoms with van der Waals surface area (Å²) in [5.74, 6) is 0.768. The Hall–Kier alpha value is -2.08. The zero-order chi connectivity index (χ0) is 15.8. The molecular formula is C16H22N2O4. The molecule has 1 saturated heterocycles. The molecule has 1 heterocycles. The summed E-state index contributed by atoms with van der Waals surface area (Å²) >= 11 is 0. The molecule has 1 fully saturated rings. The van der Waals surface area contributed by atoms with Crippen molar-refractivity contribution in [3.63, 3.8) is 0 Å². The van der Waals surface area contributed by atoms with Gasteiger partial charge in [-0.15, -0.1) is 0 Å². The average molecular weight is 306 g/mol. The summed E-state index contributed by atoms with van der Waals surface area (Å²) in [7, 11) is 1.62. The van der Waals surface area contributed by atoms with Crippen molar-refractivity contribution in [2.45, 2.75) is 12.8 Å². The molecule has 1 aliphatic heterocycles. The maximum atomic E-state index is 11.8. The van der Waals surface area contributed by atoms with Gasteiger partial charge in [0.15, 0.2) is 0 Å². The van der Waals surface area contributed by atoms with E-state index in [0.29, 0.717) is 39.1 Å². The first-order valence-corrected chi connectivity index (χ1v) is 7.44. The molecule has 120 valence electrons. The number of nitrogens with zero attached hydrogens (tertiary/aromatic N) is 1. The maximum absolute atomic E-state index is 11.8. The summed E-state index contributed by atoms with van der Waals surface area (Å²) in [5.41, 5.74) is 1.07. The van der Waals surface area contributed by atoms with E-state index in [9.17, 15) is 9.59 Å². The molecule has 1 aliphatic rings. The third-order valence-electron chi connectivity index (χ3n) is 3.56. The lowest BCUT2D eigenvalue weighted by Gasteiger charge is -2.26. The Balaban J connectivity index is 1.66. The molecule has 1 aromatic rings. The lowest BCUT2D eigenvalue weighted by Crippen LogP contribution is -2.45. The van der Waals surface area contributed by atoms with Gasteiger partial charge in [-0.2, -0.15) is 0 Å². The van der Waals surface area contributed by atoms with Gasteiger partial charge in [-0.1, -0.05) is 12.1 Å². The van der Waals surface area contributed by atoms with Crippen molar-refractivity contribution < 1.29 is 19.1 Å². The highest BCUT2D eigenvalue weighted by Gasteiger charge is 2.17. The Labute approximate surface area is 130 Å². The van der Waals surface area contributed by atoms with Crippen molar-refractivity contribution in [1.29, 1.82) is 0 Å². The Morgan fingerprint density at radius 2 is 2.32 bits per heavy atom. The van der Waals surface area contributed by atoms with Crippen LogP contribution in [0.5, 0.6) is 5.75 Å². The topological polar surface area (TPSA) is 67.9 Å². The minimum Gasteiger partial charge on any atom is -0.497 e. The number of ether oxygens (including phenoxy) is 2. The van der Waals surface area contributed by atoms with Crippen LogP contribution in [-0.4, -0.2) is 56.7 Å². The van der Waals surface area contributed by atoms with Gasteiger partial charge < -0.3 is 19.7 Å². The van der Waals surface area contributed by atoms with Gasteiger partial charge in [-0.05, 0) is 24.1 Å². The standard InChI is InChI=1S/C16H22N2O4/c1-21-14-4-2-3-13(11-14)5-6-15(19)17-7-8-18-9-10-22-12-16(18)20/h2-4,11H,5-10,12H2,1H3,(H,17,19). The largest absolute Gasteiger partial charge is 0.497 e. The fraction of sp³-hybridized carbons (Fsp3) is 0.500. The summed E-state index contributed by atoms with van der Waals surface area (Å²) in [5, 5.41) is 2.84. The highest BCUT2D eigenvalue weighted by molar-refractivity contribution is 5.78. The highest BCUT2D eigenvalue weighted by atomic mass is 16.5. The van der Waals surface area contributed by atoms with Crippen LogP contribution in [0, 0.1) is 0 Å². The van der Waals surface area contributed by atoms with E-state index >= 15 is 0 Å². The summed E-state index contributed by atoms with van der Waals surface area (Å²) in [4.78, 5) is 25.1. The Kier molecular flexibility index (Phi) is 6.21. The number of morpholine rings is 1. The fourth-order valence-corrected chi connectivity index (χ4v) is 2.29. The molecule has 1 aromatic carbocycles. The summed E-state index contributed by atoms with van der Waals surface area (Å²) in [6.45, 7) is 2.31. The van der Waals surface area contributed by atoms with Crippen LogP contribution in [-0.2, 0) is 20.7 Å². The van der Waals surface area contributed by atoms with Crippen LogP contribution >= 0.6 is 0 Å². The van der Waals surface area contributed by atoms with Gasteiger partial charge in [0.05, 0.1) is 13.7 Å². The van der Waals surface area contributed by atoms with Crippen molar-refractivity contribution >= 4 is 11.8 Å². The number of aryl methyl sites for hydroxylation is 1. The van der Waals surface area contributed by atoms with E-state index in [2.05, 4.69) is 5.32 Å². The lowest BCUT2D eigenvalue weighted by atomic mass is 10.1. The van der Waals surface area contributed by atoms with Crippen LogP contribution in [0.2, 0.25) is 0 Å². The molecule has 0 unspecified atom stereocenters. The second-order valence-electron chi connectivity index (χ2n) is 5.13. The third-order valence-corrected chi connectivity index (χ3v) is 3.56. The number of hydrogen-bond donors (Lipinski definition) is 1. The van der Waals surface area contributed by atoms with Crippen LogP contribution in [0.25, 0.3) is 0 Å². The molecule has 0 radical (unpaired) electrons. The van der Waals surface area contributed by atoms with Gasteiger partial charge in [-0.25, -0.2) is 0 Å². The third kappa shape index (κ3) is 5.04. The maximum Gasteiger partial charge on any atom is 0.248 e.